The largest absolute Gasteiger partial charge is 0.380 e. The Kier molecular flexibility index (Phi) is 4.39. The third kappa shape index (κ3) is 3.57. The van der Waals surface area contributed by atoms with E-state index in [1.807, 2.05) is 6.07 Å². The molecule has 0 saturated carbocycles. The number of sulfone groups is 1. The van der Waals surface area contributed by atoms with E-state index in [1.54, 1.807) is 18.2 Å². The van der Waals surface area contributed by atoms with Gasteiger partial charge < -0.3 is 9.64 Å². The zero-order valence-corrected chi connectivity index (χ0v) is 19.0. The first-order valence-corrected chi connectivity index (χ1v) is 12.2. The van der Waals surface area contributed by atoms with Crippen LogP contribution in [0.1, 0.15) is 32.2 Å². The summed E-state index contributed by atoms with van der Waals surface area (Å²) < 4.78 is 29.7. The first-order valence-electron chi connectivity index (χ1n) is 10.3. The molecule has 9 nitrogen and oxygen atoms in total. The van der Waals surface area contributed by atoms with Crippen molar-refractivity contribution in [3.8, 4) is 0 Å². The molecule has 2 aliphatic rings. The maximum atomic E-state index is 12.2. The number of hydrogen-bond donors (Lipinski definition) is 0. The molecule has 0 radical (unpaired) electrons. The van der Waals surface area contributed by atoms with Crippen LogP contribution in [0, 0.1) is 5.41 Å². The Bertz CT molecular complexity index is 1270. The van der Waals surface area contributed by atoms with Gasteiger partial charge in [-0.1, -0.05) is 39.0 Å². The molecule has 2 aromatic heterocycles. The van der Waals surface area contributed by atoms with Crippen molar-refractivity contribution in [2.24, 2.45) is 5.41 Å². The molecule has 10 heteroatoms. The zero-order chi connectivity index (χ0) is 22.0. The Balaban J connectivity index is 1.56. The molecule has 3 aromatic rings. The number of benzene rings is 1. The average molecular weight is 443 g/mol. The minimum absolute atomic E-state index is 0.238. The fourth-order valence-corrected chi connectivity index (χ4v) is 5.03. The lowest BCUT2D eigenvalue weighted by atomic mass is 9.78. The number of rotatable bonds is 4. The van der Waals surface area contributed by atoms with Crippen molar-refractivity contribution >= 4 is 26.8 Å². The van der Waals surface area contributed by atoms with Gasteiger partial charge in [-0.05, 0) is 11.6 Å². The lowest BCUT2D eigenvalue weighted by Gasteiger charge is -2.55. The Labute approximate surface area is 181 Å². The summed E-state index contributed by atoms with van der Waals surface area (Å²) in [6.07, 6.45) is 1.21. The normalized spacial score (nSPS) is 18.3. The lowest BCUT2D eigenvalue weighted by molar-refractivity contribution is -0.127. The highest BCUT2D eigenvalue weighted by Gasteiger charge is 2.50. The minimum atomic E-state index is -3.35. The Morgan fingerprint density at radius 3 is 2.42 bits per heavy atom. The van der Waals surface area contributed by atoms with Crippen molar-refractivity contribution in [1.82, 2.24) is 25.0 Å². The highest BCUT2D eigenvalue weighted by Crippen LogP contribution is 2.41. The number of aromatic nitrogens is 5. The standard InChI is InChI=1S/C21H26N6O3S/c1-20(2,3)19-22-17-16(18(23-19)26-10-21(11-26)12-30-13-21)24-27(25-17)9-14-7-5-6-8-15(14)31(4,28)29/h5-8H,9-13H2,1-4H3. The molecule has 0 N–H and O–H groups in total. The Hall–Kier alpha value is -2.59. The van der Waals surface area contributed by atoms with Crippen LogP contribution in [0.4, 0.5) is 5.82 Å². The minimum Gasteiger partial charge on any atom is -0.380 e. The van der Waals surface area contributed by atoms with Gasteiger partial charge in [-0.25, -0.2) is 18.4 Å². The second-order valence-electron chi connectivity index (χ2n) is 9.75. The number of fused-ring (bicyclic) bond motifs is 1. The Morgan fingerprint density at radius 1 is 1.10 bits per heavy atom. The average Bonchev–Trinajstić information content (AvgIpc) is 3.00. The van der Waals surface area contributed by atoms with E-state index >= 15 is 0 Å². The molecular weight excluding hydrogens is 416 g/mol. The summed E-state index contributed by atoms with van der Waals surface area (Å²) in [4.78, 5) is 13.5. The van der Waals surface area contributed by atoms with Crippen molar-refractivity contribution in [3.05, 3.63) is 35.7 Å². The summed E-state index contributed by atoms with van der Waals surface area (Å²) in [5.41, 5.74) is 1.81. The number of nitrogens with zero attached hydrogens (tertiary/aromatic N) is 6. The smallest absolute Gasteiger partial charge is 0.207 e. The van der Waals surface area contributed by atoms with Crippen molar-refractivity contribution in [1.29, 1.82) is 0 Å². The van der Waals surface area contributed by atoms with E-state index in [2.05, 4.69) is 40.9 Å². The van der Waals surface area contributed by atoms with Crippen LogP contribution in [-0.2, 0) is 26.5 Å². The fraction of sp³-hybridized carbons (Fsp3) is 0.524. The molecule has 0 aliphatic carbocycles. The van der Waals surface area contributed by atoms with E-state index in [0.717, 1.165) is 32.1 Å². The molecule has 4 heterocycles. The van der Waals surface area contributed by atoms with Gasteiger partial charge in [0.05, 0.1) is 30.1 Å². The van der Waals surface area contributed by atoms with Gasteiger partial charge in [-0.2, -0.15) is 4.80 Å². The number of hydrogen-bond acceptors (Lipinski definition) is 8. The van der Waals surface area contributed by atoms with Crippen molar-refractivity contribution in [2.75, 3.05) is 37.5 Å². The first kappa shape index (κ1) is 20.3. The molecule has 164 valence electrons. The van der Waals surface area contributed by atoms with E-state index in [9.17, 15) is 8.42 Å². The van der Waals surface area contributed by atoms with Crippen LogP contribution in [0.3, 0.4) is 0 Å². The molecule has 5 rings (SSSR count). The topological polar surface area (TPSA) is 103 Å². The number of anilines is 1. The van der Waals surface area contributed by atoms with E-state index in [4.69, 9.17) is 9.72 Å². The molecule has 0 bridgehead atoms. The molecule has 31 heavy (non-hydrogen) atoms. The van der Waals surface area contributed by atoms with Gasteiger partial charge in [0, 0.05) is 24.8 Å². The summed E-state index contributed by atoms with van der Waals surface area (Å²) in [6, 6.07) is 6.93. The second kappa shape index (κ2) is 6.70. The molecule has 2 aliphatic heterocycles. The van der Waals surface area contributed by atoms with Gasteiger partial charge in [-0.3, -0.25) is 0 Å². The third-order valence-corrected chi connectivity index (χ3v) is 6.99. The van der Waals surface area contributed by atoms with Crippen LogP contribution in [0.5, 0.6) is 0 Å². The van der Waals surface area contributed by atoms with Gasteiger partial charge >= 0.3 is 0 Å². The lowest BCUT2D eigenvalue weighted by Crippen LogP contribution is -2.66. The predicted octanol–water partition coefficient (Wildman–Crippen LogP) is 1.81. The summed E-state index contributed by atoms with van der Waals surface area (Å²) >= 11 is 0. The summed E-state index contributed by atoms with van der Waals surface area (Å²) in [5.74, 6) is 1.50. The molecule has 2 fully saturated rings. The van der Waals surface area contributed by atoms with Crippen LogP contribution in [0.15, 0.2) is 29.2 Å². The predicted molar refractivity (Wildman–Crippen MR) is 116 cm³/mol. The maximum absolute atomic E-state index is 12.2. The molecular formula is C21H26N6O3S. The maximum Gasteiger partial charge on any atom is 0.207 e. The van der Waals surface area contributed by atoms with Crippen LogP contribution in [0.2, 0.25) is 0 Å². The van der Waals surface area contributed by atoms with E-state index in [0.29, 0.717) is 22.6 Å². The highest BCUT2D eigenvalue weighted by molar-refractivity contribution is 7.90. The summed E-state index contributed by atoms with van der Waals surface area (Å²) in [7, 11) is -3.35. The fourth-order valence-electron chi connectivity index (χ4n) is 4.10. The van der Waals surface area contributed by atoms with Crippen LogP contribution in [-0.4, -0.2) is 65.9 Å². The van der Waals surface area contributed by atoms with E-state index in [1.165, 1.54) is 11.1 Å². The van der Waals surface area contributed by atoms with E-state index < -0.39 is 9.84 Å². The van der Waals surface area contributed by atoms with Gasteiger partial charge in [-0.15, -0.1) is 10.2 Å². The van der Waals surface area contributed by atoms with Crippen molar-refractivity contribution < 1.29 is 13.2 Å². The van der Waals surface area contributed by atoms with Crippen LogP contribution in [0.25, 0.3) is 11.2 Å². The molecule has 0 amide bonds. The second-order valence-corrected chi connectivity index (χ2v) is 11.7. The summed E-state index contributed by atoms with van der Waals surface area (Å²) in [6.45, 7) is 9.80. The quantitative estimate of drug-likeness (QED) is 0.603. The van der Waals surface area contributed by atoms with E-state index in [-0.39, 0.29) is 22.3 Å². The van der Waals surface area contributed by atoms with Gasteiger partial charge in [0.2, 0.25) is 5.65 Å². The molecule has 2 saturated heterocycles. The molecule has 0 unspecified atom stereocenters. The van der Waals surface area contributed by atoms with Crippen LogP contribution < -0.4 is 4.90 Å². The van der Waals surface area contributed by atoms with Crippen molar-refractivity contribution in [2.45, 2.75) is 37.6 Å². The summed E-state index contributed by atoms with van der Waals surface area (Å²) in [5, 5.41) is 9.25. The van der Waals surface area contributed by atoms with Gasteiger partial charge in [0.1, 0.15) is 5.82 Å². The van der Waals surface area contributed by atoms with Crippen LogP contribution >= 0.6 is 0 Å². The molecule has 1 spiro atoms. The third-order valence-electron chi connectivity index (χ3n) is 5.80. The van der Waals surface area contributed by atoms with Gasteiger partial charge in [0.15, 0.2) is 21.2 Å². The Morgan fingerprint density at radius 2 is 1.81 bits per heavy atom. The molecule has 0 atom stereocenters. The first-order chi connectivity index (χ1) is 14.5. The van der Waals surface area contributed by atoms with Gasteiger partial charge in [0.25, 0.3) is 0 Å². The number of ether oxygens (including phenoxy) is 1. The van der Waals surface area contributed by atoms with Crippen molar-refractivity contribution in [3.63, 3.8) is 0 Å². The monoisotopic (exact) mass is 442 g/mol. The SMILES string of the molecule is CC(C)(C)c1nc(N2CC3(COC3)C2)c2nn(Cc3ccccc3S(C)(=O)=O)nc2n1. The molecule has 1 aromatic carbocycles. The highest BCUT2D eigenvalue weighted by atomic mass is 32.2. The zero-order valence-electron chi connectivity index (χ0n) is 18.2.